The molecule has 0 aliphatic heterocycles. The van der Waals surface area contributed by atoms with Gasteiger partial charge in [-0.15, -0.1) is 0 Å². The molecule has 0 aromatic rings. The number of hydrogen-bond acceptors (Lipinski definition) is 6. The standard InChI is InChI=1S/C73H124O6/c1-4-7-10-13-16-19-22-25-28-30-32-34-36-38-40-42-45-48-51-54-57-60-63-66-72(75)78-69-70(68-77-71(74)65-62-59-56-53-50-47-44-27-24-21-18-15-12-9-6-3)79-73(76)67-64-61-58-55-52-49-46-43-41-39-37-35-33-31-29-26-23-20-17-14-11-8-5-2/h7,10,16,19,23,25-26,28,31-34,37-40,45,48,70H,4-6,8-9,11-15,17-18,20-22,24,27,29-30,35-36,41-44,46-47,49-69H2,1-3H3/b10-7-,19-16-,26-23-,28-25-,33-31-,34-32-,39-37-,40-38-,48-45-. The Kier molecular flexibility index (Phi) is 63.3. The highest BCUT2D eigenvalue weighted by atomic mass is 16.6. The van der Waals surface area contributed by atoms with Crippen molar-refractivity contribution in [3.8, 4) is 0 Å². The van der Waals surface area contributed by atoms with Gasteiger partial charge < -0.3 is 14.2 Å². The lowest BCUT2D eigenvalue weighted by Crippen LogP contribution is -2.30. The van der Waals surface area contributed by atoms with Gasteiger partial charge in [0.25, 0.3) is 0 Å². The van der Waals surface area contributed by atoms with E-state index >= 15 is 0 Å². The van der Waals surface area contributed by atoms with Gasteiger partial charge in [0.15, 0.2) is 6.10 Å². The van der Waals surface area contributed by atoms with Gasteiger partial charge >= 0.3 is 17.9 Å². The van der Waals surface area contributed by atoms with Crippen molar-refractivity contribution < 1.29 is 28.6 Å². The minimum atomic E-state index is -0.795. The lowest BCUT2D eigenvalue weighted by molar-refractivity contribution is -0.167. The monoisotopic (exact) mass is 1100 g/mol. The molecule has 1 atom stereocenters. The van der Waals surface area contributed by atoms with Gasteiger partial charge in [0.1, 0.15) is 13.2 Å². The van der Waals surface area contributed by atoms with Crippen molar-refractivity contribution in [1.82, 2.24) is 0 Å². The van der Waals surface area contributed by atoms with E-state index in [1.165, 1.54) is 148 Å². The molecule has 0 aromatic carbocycles. The molecule has 0 fully saturated rings. The van der Waals surface area contributed by atoms with Crippen molar-refractivity contribution in [1.29, 1.82) is 0 Å². The van der Waals surface area contributed by atoms with Crippen molar-refractivity contribution in [2.45, 2.75) is 322 Å². The summed E-state index contributed by atoms with van der Waals surface area (Å²) < 4.78 is 16.9. The molecule has 79 heavy (non-hydrogen) atoms. The van der Waals surface area contributed by atoms with Crippen molar-refractivity contribution in [2.24, 2.45) is 0 Å². The predicted molar refractivity (Wildman–Crippen MR) is 343 cm³/mol. The van der Waals surface area contributed by atoms with E-state index in [0.717, 1.165) is 128 Å². The fourth-order valence-corrected chi connectivity index (χ4v) is 9.28. The maximum absolute atomic E-state index is 12.9. The third-order valence-corrected chi connectivity index (χ3v) is 14.3. The van der Waals surface area contributed by atoms with Gasteiger partial charge in [-0.3, -0.25) is 14.4 Å². The molecule has 0 aliphatic carbocycles. The molecule has 0 heterocycles. The van der Waals surface area contributed by atoms with Crippen LogP contribution in [0.1, 0.15) is 316 Å². The summed E-state index contributed by atoms with van der Waals surface area (Å²) in [6.45, 7) is 6.52. The Bertz CT molecular complexity index is 1590. The summed E-state index contributed by atoms with van der Waals surface area (Å²) >= 11 is 0. The van der Waals surface area contributed by atoms with Gasteiger partial charge in [-0.25, -0.2) is 0 Å². The average molecular weight is 1100 g/mol. The highest BCUT2D eigenvalue weighted by Gasteiger charge is 2.19. The number of rotatable bonds is 60. The number of carbonyl (C=O) groups excluding carboxylic acids is 3. The van der Waals surface area contributed by atoms with Crippen LogP contribution >= 0.6 is 0 Å². The van der Waals surface area contributed by atoms with E-state index in [4.69, 9.17) is 14.2 Å². The molecule has 452 valence electrons. The molecule has 6 nitrogen and oxygen atoms in total. The van der Waals surface area contributed by atoms with Crippen LogP contribution in [0.15, 0.2) is 109 Å². The zero-order chi connectivity index (χ0) is 57.1. The fourth-order valence-electron chi connectivity index (χ4n) is 9.28. The van der Waals surface area contributed by atoms with E-state index < -0.39 is 6.10 Å². The number of hydrogen-bond donors (Lipinski definition) is 0. The van der Waals surface area contributed by atoms with E-state index in [2.05, 4.69) is 130 Å². The van der Waals surface area contributed by atoms with Crippen molar-refractivity contribution >= 4 is 17.9 Å². The lowest BCUT2D eigenvalue weighted by atomic mass is 10.0. The number of unbranched alkanes of at least 4 members (excludes halogenated alkanes) is 31. The molecule has 0 radical (unpaired) electrons. The summed E-state index contributed by atoms with van der Waals surface area (Å²) in [4.78, 5) is 38.4. The number of ether oxygens (including phenoxy) is 3. The Labute approximate surface area is 489 Å². The van der Waals surface area contributed by atoms with E-state index in [-0.39, 0.29) is 31.1 Å². The van der Waals surface area contributed by atoms with E-state index in [0.29, 0.717) is 19.3 Å². The van der Waals surface area contributed by atoms with Gasteiger partial charge in [0, 0.05) is 19.3 Å². The Hall–Kier alpha value is -3.93. The normalized spacial score (nSPS) is 12.8. The maximum Gasteiger partial charge on any atom is 0.306 e. The van der Waals surface area contributed by atoms with Crippen LogP contribution in [-0.4, -0.2) is 37.2 Å². The van der Waals surface area contributed by atoms with Gasteiger partial charge in [-0.05, 0) is 109 Å². The van der Waals surface area contributed by atoms with Crippen LogP contribution in [0.2, 0.25) is 0 Å². The molecule has 6 heteroatoms. The maximum atomic E-state index is 12.9. The van der Waals surface area contributed by atoms with Crippen molar-refractivity contribution in [3.05, 3.63) is 109 Å². The van der Waals surface area contributed by atoms with E-state index in [1.54, 1.807) is 0 Å². The first-order valence-corrected chi connectivity index (χ1v) is 33.4. The minimum absolute atomic E-state index is 0.0880. The van der Waals surface area contributed by atoms with Gasteiger partial charge in [-0.1, -0.05) is 297 Å². The first-order valence-electron chi connectivity index (χ1n) is 33.4. The molecule has 0 amide bonds. The second-order valence-electron chi connectivity index (χ2n) is 22.0. The highest BCUT2D eigenvalue weighted by molar-refractivity contribution is 5.71. The molecule has 0 saturated carbocycles. The van der Waals surface area contributed by atoms with Gasteiger partial charge in [-0.2, -0.15) is 0 Å². The predicted octanol–water partition coefficient (Wildman–Crippen LogP) is 23.0. The second kappa shape index (κ2) is 66.6. The second-order valence-corrected chi connectivity index (χ2v) is 22.0. The van der Waals surface area contributed by atoms with Crippen molar-refractivity contribution in [2.75, 3.05) is 13.2 Å². The van der Waals surface area contributed by atoms with Crippen LogP contribution < -0.4 is 0 Å². The first kappa shape index (κ1) is 75.1. The molecule has 0 spiro atoms. The van der Waals surface area contributed by atoms with Crippen LogP contribution in [0.5, 0.6) is 0 Å². The third kappa shape index (κ3) is 64.8. The first-order chi connectivity index (χ1) is 39.0. The van der Waals surface area contributed by atoms with Crippen LogP contribution in [-0.2, 0) is 28.6 Å². The molecule has 0 bridgehead atoms. The third-order valence-electron chi connectivity index (χ3n) is 14.3. The minimum Gasteiger partial charge on any atom is -0.462 e. The quantitative estimate of drug-likeness (QED) is 0.0261. The molecule has 0 N–H and O–H groups in total. The van der Waals surface area contributed by atoms with Crippen LogP contribution in [0.25, 0.3) is 0 Å². The van der Waals surface area contributed by atoms with Crippen LogP contribution in [0.4, 0.5) is 0 Å². The lowest BCUT2D eigenvalue weighted by Gasteiger charge is -2.18. The highest BCUT2D eigenvalue weighted by Crippen LogP contribution is 2.16. The number of allylic oxidation sites excluding steroid dienone is 18. The summed E-state index contributed by atoms with van der Waals surface area (Å²) in [5.41, 5.74) is 0. The molecular weight excluding hydrogens is 973 g/mol. The van der Waals surface area contributed by atoms with Gasteiger partial charge in [0.2, 0.25) is 0 Å². The summed E-state index contributed by atoms with van der Waals surface area (Å²) in [5.74, 6) is -0.910. The summed E-state index contributed by atoms with van der Waals surface area (Å²) in [5, 5.41) is 0. The molecule has 0 rings (SSSR count). The van der Waals surface area contributed by atoms with Crippen LogP contribution in [0, 0.1) is 0 Å². The molecule has 1 unspecified atom stereocenters. The Balaban J connectivity index is 4.43. The Morgan fingerprint density at radius 3 is 0.772 bits per heavy atom. The molecular formula is C73H124O6. The Morgan fingerprint density at radius 2 is 0.494 bits per heavy atom. The van der Waals surface area contributed by atoms with Gasteiger partial charge in [0.05, 0.1) is 0 Å². The zero-order valence-electron chi connectivity index (χ0n) is 51.9. The van der Waals surface area contributed by atoms with E-state index in [1.807, 2.05) is 0 Å². The number of carbonyl (C=O) groups is 3. The SMILES string of the molecule is CC/C=C\C/C=C\C/C=C\C/C=C\C/C=C\C/C=C\CCCCCCC(=O)OCC(COC(=O)CCCCCCCCCCCCCCCCC)OC(=O)CCCCCCCCCC/C=C\C/C=C\C/C=C\CCCCCCC. The largest absolute Gasteiger partial charge is 0.462 e. The van der Waals surface area contributed by atoms with Crippen molar-refractivity contribution in [3.63, 3.8) is 0 Å². The Morgan fingerprint density at radius 1 is 0.266 bits per heavy atom. The molecule has 0 saturated heterocycles. The summed E-state index contributed by atoms with van der Waals surface area (Å²) in [7, 11) is 0. The molecule has 0 aliphatic rings. The fraction of sp³-hybridized carbons (Fsp3) is 0.712. The van der Waals surface area contributed by atoms with E-state index in [9.17, 15) is 14.4 Å². The number of esters is 3. The summed E-state index contributed by atoms with van der Waals surface area (Å²) in [6, 6.07) is 0. The smallest absolute Gasteiger partial charge is 0.306 e. The summed E-state index contributed by atoms with van der Waals surface area (Å²) in [6.07, 6.45) is 90.9. The van der Waals surface area contributed by atoms with Crippen LogP contribution in [0.3, 0.4) is 0 Å². The molecule has 0 aromatic heterocycles. The zero-order valence-corrected chi connectivity index (χ0v) is 51.9. The topological polar surface area (TPSA) is 78.9 Å². The average Bonchev–Trinajstić information content (AvgIpc) is 3.45.